The van der Waals surface area contributed by atoms with Gasteiger partial charge >= 0.3 is 0 Å². The Balaban J connectivity index is 3.27. The van der Waals surface area contributed by atoms with Gasteiger partial charge < -0.3 is 5.41 Å². The molecule has 1 atom stereocenters. The van der Waals surface area contributed by atoms with Gasteiger partial charge in [-0.1, -0.05) is 26.7 Å². The lowest BCUT2D eigenvalue weighted by Gasteiger charge is -2.06. The molecule has 0 rings (SSSR count). The Kier molecular flexibility index (Phi) is 4.37. The number of hydrogen-bond donors (Lipinski definition) is 1. The van der Waals surface area contributed by atoms with Gasteiger partial charge in [-0.15, -0.1) is 0 Å². The van der Waals surface area contributed by atoms with Crippen LogP contribution in [0.4, 0.5) is 0 Å². The van der Waals surface area contributed by atoms with E-state index in [4.69, 9.17) is 5.41 Å². The lowest BCUT2D eigenvalue weighted by molar-refractivity contribution is 0.620. The van der Waals surface area contributed by atoms with E-state index in [-0.39, 0.29) is 0 Å². The van der Waals surface area contributed by atoms with Crippen LogP contribution in [0.3, 0.4) is 0 Å². The number of unbranched alkanes of at least 4 members (excludes halogenated alkanes) is 1. The van der Waals surface area contributed by atoms with Gasteiger partial charge in [0.25, 0.3) is 0 Å². The first kappa shape index (κ1) is 8.67. The number of rotatable bonds is 4. The summed E-state index contributed by atoms with van der Waals surface area (Å²) in [6.45, 7) is 6.20. The van der Waals surface area contributed by atoms with Crippen LogP contribution in [0.1, 0.15) is 40.0 Å². The second kappa shape index (κ2) is 4.54. The highest BCUT2D eigenvalue weighted by Gasteiger charge is 2.01. The Morgan fingerprint density at radius 2 is 2.11 bits per heavy atom. The molecule has 0 aromatic heterocycles. The molecule has 1 N–H and O–H groups in total. The van der Waals surface area contributed by atoms with E-state index in [2.05, 4.69) is 13.8 Å². The van der Waals surface area contributed by atoms with Crippen LogP contribution in [0.5, 0.6) is 0 Å². The van der Waals surface area contributed by atoms with E-state index in [1.165, 1.54) is 19.3 Å². The van der Waals surface area contributed by atoms with Crippen molar-refractivity contribution in [2.24, 2.45) is 5.92 Å². The van der Waals surface area contributed by atoms with Crippen LogP contribution in [0.15, 0.2) is 0 Å². The molecular weight excluding hydrogens is 110 g/mol. The summed E-state index contributed by atoms with van der Waals surface area (Å²) in [4.78, 5) is 0. The molecule has 0 bridgehead atoms. The van der Waals surface area contributed by atoms with Gasteiger partial charge in [-0.2, -0.15) is 0 Å². The third kappa shape index (κ3) is 4.19. The van der Waals surface area contributed by atoms with E-state index >= 15 is 0 Å². The molecule has 0 radical (unpaired) electrons. The van der Waals surface area contributed by atoms with Crippen LogP contribution in [0, 0.1) is 11.3 Å². The monoisotopic (exact) mass is 127 g/mol. The Bertz CT molecular complexity index is 86.6. The minimum Gasteiger partial charge on any atom is -0.310 e. The summed E-state index contributed by atoms with van der Waals surface area (Å²) < 4.78 is 0. The third-order valence-corrected chi connectivity index (χ3v) is 1.73. The summed E-state index contributed by atoms with van der Waals surface area (Å²) in [7, 11) is 0. The SMILES string of the molecule is CCCCC(C)C(C)=N. The van der Waals surface area contributed by atoms with Crippen molar-refractivity contribution < 1.29 is 0 Å². The quantitative estimate of drug-likeness (QED) is 0.561. The van der Waals surface area contributed by atoms with E-state index in [0.717, 1.165) is 5.71 Å². The Hall–Kier alpha value is -0.330. The van der Waals surface area contributed by atoms with E-state index in [9.17, 15) is 0 Å². The summed E-state index contributed by atoms with van der Waals surface area (Å²) in [6, 6.07) is 0. The topological polar surface area (TPSA) is 23.9 Å². The normalized spacial score (nSPS) is 13.2. The molecule has 54 valence electrons. The van der Waals surface area contributed by atoms with Crippen LogP contribution >= 0.6 is 0 Å². The van der Waals surface area contributed by atoms with Crippen LogP contribution in [0.25, 0.3) is 0 Å². The first-order chi connectivity index (χ1) is 4.18. The van der Waals surface area contributed by atoms with Crippen molar-refractivity contribution in [1.82, 2.24) is 0 Å². The molecule has 0 aliphatic rings. The van der Waals surface area contributed by atoms with Gasteiger partial charge in [-0.25, -0.2) is 0 Å². The van der Waals surface area contributed by atoms with E-state index in [1.807, 2.05) is 6.92 Å². The van der Waals surface area contributed by atoms with Crippen molar-refractivity contribution in [1.29, 1.82) is 5.41 Å². The second-order valence-electron chi connectivity index (χ2n) is 2.73. The summed E-state index contributed by atoms with van der Waals surface area (Å²) >= 11 is 0. The molecule has 0 aromatic rings. The maximum atomic E-state index is 7.28. The van der Waals surface area contributed by atoms with Gasteiger partial charge in [-0.05, 0) is 19.3 Å². The molecule has 0 fully saturated rings. The predicted molar refractivity (Wildman–Crippen MR) is 42.1 cm³/mol. The van der Waals surface area contributed by atoms with Crippen molar-refractivity contribution in [2.75, 3.05) is 0 Å². The van der Waals surface area contributed by atoms with E-state index in [1.54, 1.807) is 0 Å². The molecule has 0 aromatic carbocycles. The van der Waals surface area contributed by atoms with Gasteiger partial charge in [0, 0.05) is 5.71 Å². The summed E-state index contributed by atoms with van der Waals surface area (Å²) in [6.07, 6.45) is 3.70. The molecule has 1 unspecified atom stereocenters. The zero-order valence-corrected chi connectivity index (χ0v) is 6.70. The minimum absolute atomic E-state index is 0.505. The summed E-state index contributed by atoms with van der Waals surface area (Å²) in [5.74, 6) is 0.505. The van der Waals surface area contributed by atoms with Crippen LogP contribution in [0.2, 0.25) is 0 Å². The zero-order chi connectivity index (χ0) is 7.28. The highest BCUT2D eigenvalue weighted by molar-refractivity contribution is 5.80. The van der Waals surface area contributed by atoms with Gasteiger partial charge in [0.2, 0.25) is 0 Å². The van der Waals surface area contributed by atoms with Gasteiger partial charge in [0.05, 0.1) is 0 Å². The Morgan fingerprint density at radius 3 is 2.44 bits per heavy atom. The fraction of sp³-hybridized carbons (Fsp3) is 0.875. The molecule has 0 amide bonds. The average molecular weight is 127 g/mol. The van der Waals surface area contributed by atoms with Gasteiger partial charge in [-0.3, -0.25) is 0 Å². The minimum atomic E-state index is 0.505. The van der Waals surface area contributed by atoms with Crippen LogP contribution < -0.4 is 0 Å². The van der Waals surface area contributed by atoms with E-state index < -0.39 is 0 Å². The Morgan fingerprint density at radius 1 is 1.56 bits per heavy atom. The predicted octanol–water partition coefficient (Wildman–Crippen LogP) is 2.85. The molecule has 0 aliphatic carbocycles. The molecule has 0 aliphatic heterocycles. The maximum Gasteiger partial charge on any atom is 0.00863 e. The third-order valence-electron chi connectivity index (χ3n) is 1.73. The molecule has 9 heavy (non-hydrogen) atoms. The zero-order valence-electron chi connectivity index (χ0n) is 6.70. The largest absolute Gasteiger partial charge is 0.310 e. The first-order valence-electron chi connectivity index (χ1n) is 3.73. The highest BCUT2D eigenvalue weighted by atomic mass is 14.4. The lowest BCUT2D eigenvalue weighted by atomic mass is 10.0. The van der Waals surface area contributed by atoms with Gasteiger partial charge in [0.15, 0.2) is 0 Å². The van der Waals surface area contributed by atoms with Crippen LogP contribution in [-0.2, 0) is 0 Å². The molecule has 0 heterocycles. The lowest BCUT2D eigenvalue weighted by Crippen LogP contribution is -2.04. The number of nitrogens with one attached hydrogen (secondary N) is 1. The average Bonchev–Trinajstić information content (AvgIpc) is 1.82. The fourth-order valence-corrected chi connectivity index (χ4v) is 0.727. The molecule has 0 saturated carbocycles. The molecule has 1 nitrogen and oxygen atoms in total. The molecule has 1 heteroatoms. The number of hydrogen-bond acceptors (Lipinski definition) is 1. The first-order valence-corrected chi connectivity index (χ1v) is 3.73. The summed E-state index contributed by atoms with van der Waals surface area (Å²) in [5.41, 5.74) is 0.823. The van der Waals surface area contributed by atoms with E-state index in [0.29, 0.717) is 5.92 Å². The van der Waals surface area contributed by atoms with Crippen molar-refractivity contribution in [3.8, 4) is 0 Å². The smallest absolute Gasteiger partial charge is 0.00863 e. The summed E-state index contributed by atoms with van der Waals surface area (Å²) in [5, 5.41) is 7.28. The highest BCUT2D eigenvalue weighted by Crippen LogP contribution is 2.07. The molecule has 0 spiro atoms. The maximum absolute atomic E-state index is 7.28. The Labute approximate surface area is 58.0 Å². The standard InChI is InChI=1S/C8H17N/c1-4-5-6-7(2)8(3)9/h7,9H,4-6H2,1-3H3. The van der Waals surface area contributed by atoms with Crippen LogP contribution in [-0.4, -0.2) is 5.71 Å². The molecule has 0 saturated heterocycles. The second-order valence-corrected chi connectivity index (χ2v) is 2.73. The van der Waals surface area contributed by atoms with Crippen molar-refractivity contribution in [3.63, 3.8) is 0 Å². The van der Waals surface area contributed by atoms with Gasteiger partial charge in [0.1, 0.15) is 0 Å². The fourth-order valence-electron chi connectivity index (χ4n) is 0.727. The van der Waals surface area contributed by atoms with Crippen molar-refractivity contribution in [3.05, 3.63) is 0 Å². The van der Waals surface area contributed by atoms with Crippen molar-refractivity contribution in [2.45, 2.75) is 40.0 Å². The molecular formula is C8H17N. The van der Waals surface area contributed by atoms with Crippen molar-refractivity contribution >= 4 is 5.71 Å².